The lowest BCUT2D eigenvalue weighted by Crippen LogP contribution is -2.29. The van der Waals surface area contributed by atoms with E-state index < -0.39 is 16.1 Å². The van der Waals surface area contributed by atoms with Gasteiger partial charge in [-0.05, 0) is 72.3 Å². The van der Waals surface area contributed by atoms with Gasteiger partial charge >= 0.3 is 6.03 Å². The Balaban J connectivity index is 1.31. The Morgan fingerprint density at radius 3 is 2.10 bits per heavy atom. The van der Waals surface area contributed by atoms with Gasteiger partial charge < -0.3 is 15.5 Å². The van der Waals surface area contributed by atoms with Crippen LogP contribution in [0.25, 0.3) is 0 Å². The van der Waals surface area contributed by atoms with Crippen LogP contribution in [0.4, 0.5) is 27.5 Å². The van der Waals surface area contributed by atoms with E-state index in [-0.39, 0.29) is 10.8 Å². The zero-order valence-electron chi connectivity index (χ0n) is 20.3. The highest BCUT2D eigenvalue weighted by molar-refractivity contribution is 9.10. The standard InChI is InChI=1S/C28H22BrN5O4S/c29-19-6-15-25-24(16-19)26(27(35)34(25)17-18-4-2-1-3-5-18)31-20-7-9-21(10-8-20)32-28(36)33-22-11-13-23(14-12-22)39(30,37)38/h1-16H,17H2,(H2,30,37,38)(H2,32,33,36). The van der Waals surface area contributed by atoms with Crippen molar-refractivity contribution in [2.24, 2.45) is 10.1 Å². The van der Waals surface area contributed by atoms with E-state index in [1.54, 1.807) is 29.2 Å². The number of hydrogen-bond donors (Lipinski definition) is 3. The first-order valence-electron chi connectivity index (χ1n) is 11.7. The minimum absolute atomic E-state index is 0.0513. The molecule has 0 aliphatic carbocycles. The smallest absolute Gasteiger partial charge is 0.308 e. The van der Waals surface area contributed by atoms with Crippen LogP contribution in [-0.2, 0) is 21.4 Å². The van der Waals surface area contributed by atoms with Gasteiger partial charge in [0.25, 0.3) is 5.91 Å². The van der Waals surface area contributed by atoms with Crippen LogP contribution in [0.3, 0.4) is 0 Å². The zero-order chi connectivity index (χ0) is 27.6. The van der Waals surface area contributed by atoms with Gasteiger partial charge in [0.2, 0.25) is 10.0 Å². The fourth-order valence-corrected chi connectivity index (χ4v) is 4.96. The van der Waals surface area contributed by atoms with E-state index in [2.05, 4.69) is 31.6 Å². The molecule has 5 rings (SSSR count). The monoisotopic (exact) mass is 603 g/mol. The topological polar surface area (TPSA) is 134 Å². The summed E-state index contributed by atoms with van der Waals surface area (Å²) in [5.41, 5.74) is 4.32. The largest absolute Gasteiger partial charge is 0.323 e. The summed E-state index contributed by atoms with van der Waals surface area (Å²) in [5, 5.41) is 10.4. The van der Waals surface area contributed by atoms with Crippen LogP contribution in [0.1, 0.15) is 11.1 Å². The molecule has 196 valence electrons. The molecule has 3 amide bonds. The molecule has 0 aromatic heterocycles. The van der Waals surface area contributed by atoms with Crippen molar-refractivity contribution in [2.75, 3.05) is 15.5 Å². The summed E-state index contributed by atoms with van der Waals surface area (Å²) in [6.07, 6.45) is 0. The number of nitrogens with one attached hydrogen (secondary N) is 2. The molecule has 0 saturated heterocycles. The number of halogens is 1. The van der Waals surface area contributed by atoms with Crippen LogP contribution < -0.4 is 20.7 Å². The molecule has 39 heavy (non-hydrogen) atoms. The van der Waals surface area contributed by atoms with E-state index in [4.69, 9.17) is 5.14 Å². The lowest BCUT2D eigenvalue weighted by molar-refractivity contribution is -0.112. The number of fused-ring (bicyclic) bond motifs is 1. The highest BCUT2D eigenvalue weighted by atomic mass is 79.9. The molecule has 0 saturated carbocycles. The summed E-state index contributed by atoms with van der Waals surface area (Å²) >= 11 is 3.49. The number of hydrogen-bond acceptors (Lipinski definition) is 5. The quantitative estimate of drug-likeness (QED) is 0.272. The molecule has 1 heterocycles. The molecular weight excluding hydrogens is 582 g/mol. The van der Waals surface area contributed by atoms with Gasteiger partial charge in [-0.3, -0.25) is 4.79 Å². The van der Waals surface area contributed by atoms with Crippen LogP contribution in [0.2, 0.25) is 0 Å². The Labute approximate surface area is 233 Å². The number of aliphatic imine (C=N–C) groups is 1. The molecule has 1 aliphatic heterocycles. The molecule has 4 N–H and O–H groups in total. The maximum atomic E-state index is 13.4. The third-order valence-corrected chi connectivity index (χ3v) is 7.37. The number of benzene rings is 4. The lowest BCUT2D eigenvalue weighted by atomic mass is 10.1. The average Bonchev–Trinajstić information content (AvgIpc) is 3.15. The van der Waals surface area contributed by atoms with Crippen molar-refractivity contribution in [3.8, 4) is 0 Å². The van der Waals surface area contributed by atoms with Gasteiger partial charge in [0.05, 0.1) is 22.8 Å². The fourth-order valence-electron chi connectivity index (χ4n) is 4.09. The molecule has 11 heteroatoms. The first-order chi connectivity index (χ1) is 18.7. The molecule has 1 aliphatic rings. The summed E-state index contributed by atoms with van der Waals surface area (Å²) in [6, 6.07) is 27.2. The van der Waals surface area contributed by atoms with Gasteiger partial charge in [0, 0.05) is 21.4 Å². The van der Waals surface area contributed by atoms with Crippen molar-refractivity contribution in [1.82, 2.24) is 0 Å². The predicted octanol–water partition coefficient (Wildman–Crippen LogP) is 5.41. The van der Waals surface area contributed by atoms with Gasteiger partial charge in [0.1, 0.15) is 5.71 Å². The first kappa shape index (κ1) is 26.3. The van der Waals surface area contributed by atoms with Crippen molar-refractivity contribution in [3.63, 3.8) is 0 Å². The Bertz CT molecular complexity index is 1690. The maximum absolute atomic E-state index is 13.4. The number of anilines is 3. The highest BCUT2D eigenvalue weighted by Crippen LogP contribution is 2.34. The van der Waals surface area contributed by atoms with Crippen LogP contribution in [-0.4, -0.2) is 26.1 Å². The number of amides is 3. The van der Waals surface area contributed by atoms with Crippen LogP contribution in [0.15, 0.2) is 111 Å². The third-order valence-electron chi connectivity index (χ3n) is 5.94. The second-order valence-electron chi connectivity index (χ2n) is 8.69. The van der Waals surface area contributed by atoms with Crippen molar-refractivity contribution < 1.29 is 18.0 Å². The number of carbonyl (C=O) groups is 2. The van der Waals surface area contributed by atoms with E-state index in [0.29, 0.717) is 29.3 Å². The molecule has 0 fully saturated rings. The summed E-state index contributed by atoms with van der Waals surface area (Å²) in [7, 11) is -3.81. The van der Waals surface area contributed by atoms with Gasteiger partial charge in [-0.25, -0.2) is 23.3 Å². The van der Waals surface area contributed by atoms with Crippen molar-refractivity contribution in [1.29, 1.82) is 0 Å². The van der Waals surface area contributed by atoms with E-state index in [1.165, 1.54) is 24.3 Å². The summed E-state index contributed by atoms with van der Waals surface area (Å²) < 4.78 is 23.6. The number of primary sulfonamides is 1. The van der Waals surface area contributed by atoms with Crippen LogP contribution >= 0.6 is 15.9 Å². The van der Waals surface area contributed by atoms with Gasteiger partial charge in [0.15, 0.2) is 0 Å². The van der Waals surface area contributed by atoms with Gasteiger partial charge in [-0.2, -0.15) is 0 Å². The van der Waals surface area contributed by atoms with E-state index in [9.17, 15) is 18.0 Å². The normalized spacial score (nSPS) is 13.8. The number of urea groups is 1. The molecule has 4 aromatic carbocycles. The number of carbonyl (C=O) groups excluding carboxylic acids is 2. The Kier molecular flexibility index (Phi) is 7.29. The molecule has 0 radical (unpaired) electrons. The minimum atomic E-state index is -3.81. The van der Waals surface area contributed by atoms with E-state index >= 15 is 0 Å². The zero-order valence-corrected chi connectivity index (χ0v) is 22.7. The summed E-state index contributed by atoms with van der Waals surface area (Å²) in [5.74, 6) is -0.193. The molecule has 9 nitrogen and oxygen atoms in total. The predicted molar refractivity (Wildman–Crippen MR) is 155 cm³/mol. The van der Waals surface area contributed by atoms with Crippen LogP contribution in [0, 0.1) is 0 Å². The highest BCUT2D eigenvalue weighted by Gasteiger charge is 2.34. The summed E-state index contributed by atoms with van der Waals surface area (Å²) in [4.78, 5) is 32.1. The average molecular weight is 604 g/mol. The molecule has 0 bridgehead atoms. The molecule has 4 aromatic rings. The second-order valence-corrected chi connectivity index (χ2v) is 11.2. The molecule has 0 unspecified atom stereocenters. The maximum Gasteiger partial charge on any atom is 0.323 e. The van der Waals surface area contributed by atoms with Crippen molar-refractivity contribution in [3.05, 3.63) is 113 Å². The van der Waals surface area contributed by atoms with Crippen molar-refractivity contribution in [2.45, 2.75) is 11.4 Å². The molecule has 0 spiro atoms. The molecule has 0 atom stereocenters. The SMILES string of the molecule is NS(=O)(=O)c1ccc(NC(=O)Nc2ccc(N=C3C(=O)N(Cc4ccccc4)c4ccc(Br)cc43)cc2)cc1. The lowest BCUT2D eigenvalue weighted by Gasteiger charge is -2.17. The van der Waals surface area contributed by atoms with Gasteiger partial charge in [-0.1, -0.05) is 46.3 Å². The van der Waals surface area contributed by atoms with E-state index in [1.807, 2.05) is 48.5 Å². The number of sulfonamides is 1. The first-order valence-corrected chi connectivity index (χ1v) is 14.1. The van der Waals surface area contributed by atoms with Crippen LogP contribution in [0.5, 0.6) is 0 Å². The second kappa shape index (κ2) is 10.8. The summed E-state index contributed by atoms with van der Waals surface area (Å²) in [6.45, 7) is 0.427. The number of nitrogens with two attached hydrogens (primary N) is 1. The van der Waals surface area contributed by atoms with Crippen molar-refractivity contribution >= 4 is 66.4 Å². The minimum Gasteiger partial charge on any atom is -0.308 e. The third kappa shape index (κ3) is 6.06. The Hall–Kier alpha value is -4.32. The fraction of sp³-hybridized carbons (Fsp3) is 0.0357. The number of rotatable bonds is 6. The Morgan fingerprint density at radius 1 is 0.872 bits per heavy atom. The Morgan fingerprint density at radius 2 is 1.49 bits per heavy atom. The molecular formula is C28H22BrN5O4S. The van der Waals surface area contributed by atoms with Gasteiger partial charge in [-0.15, -0.1) is 0 Å². The number of nitrogens with zero attached hydrogens (tertiary/aromatic N) is 2. The van der Waals surface area contributed by atoms with E-state index in [0.717, 1.165) is 21.3 Å².